The highest BCUT2D eigenvalue weighted by Crippen LogP contribution is 2.43. The third-order valence-corrected chi connectivity index (χ3v) is 15.3. The van der Waals surface area contributed by atoms with Gasteiger partial charge in [0.25, 0.3) is 0 Å². The molecule has 0 aromatic heterocycles. The zero-order valence-electron chi connectivity index (χ0n) is 51.6. The molecule has 3 N–H and O–H groups in total. The van der Waals surface area contributed by atoms with Gasteiger partial charge in [-0.25, -0.2) is 4.57 Å². The van der Waals surface area contributed by atoms with Crippen LogP contribution >= 0.6 is 7.82 Å². The lowest BCUT2D eigenvalue weighted by atomic mass is 10.0. The van der Waals surface area contributed by atoms with Crippen molar-refractivity contribution in [3.63, 3.8) is 0 Å². The van der Waals surface area contributed by atoms with Crippen molar-refractivity contribution in [2.45, 2.75) is 296 Å². The van der Waals surface area contributed by atoms with E-state index < -0.39 is 20.0 Å². The number of hydrogen-bond donors (Lipinski definition) is 3. The van der Waals surface area contributed by atoms with Gasteiger partial charge in [-0.05, 0) is 77.0 Å². The van der Waals surface area contributed by atoms with Crippen LogP contribution in [0, 0.1) is 0 Å². The number of nitrogens with zero attached hydrogens (tertiary/aromatic N) is 1. The van der Waals surface area contributed by atoms with E-state index in [1.54, 1.807) is 6.08 Å². The lowest BCUT2D eigenvalue weighted by molar-refractivity contribution is -0.870. The summed E-state index contributed by atoms with van der Waals surface area (Å²) in [7, 11) is 1.56. The van der Waals surface area contributed by atoms with Crippen molar-refractivity contribution in [3.05, 3.63) is 97.2 Å². The molecule has 1 amide bonds. The molecule has 0 spiro atoms. The number of nitrogens with one attached hydrogen (secondary N) is 1. The van der Waals surface area contributed by atoms with Crippen molar-refractivity contribution in [1.29, 1.82) is 0 Å². The van der Waals surface area contributed by atoms with E-state index in [4.69, 9.17) is 9.05 Å². The van der Waals surface area contributed by atoms with Crippen LogP contribution in [0.5, 0.6) is 0 Å². The van der Waals surface area contributed by atoms with Crippen LogP contribution in [0.25, 0.3) is 0 Å². The average molecular weight is 1110 g/mol. The minimum Gasteiger partial charge on any atom is -0.387 e. The van der Waals surface area contributed by atoms with Crippen LogP contribution < -0.4 is 5.32 Å². The molecule has 0 aliphatic rings. The minimum atomic E-state index is -4.36. The van der Waals surface area contributed by atoms with E-state index in [2.05, 4.69) is 104 Å². The first kappa shape index (κ1) is 75.4. The van der Waals surface area contributed by atoms with E-state index in [1.807, 2.05) is 27.2 Å². The maximum atomic E-state index is 13.0. The van der Waals surface area contributed by atoms with Crippen LogP contribution in [0.2, 0.25) is 0 Å². The highest BCUT2D eigenvalue weighted by molar-refractivity contribution is 7.47. The Balaban J connectivity index is 4.18. The Bertz CT molecular complexity index is 1590. The molecule has 0 radical (unpaired) electrons. The summed E-state index contributed by atoms with van der Waals surface area (Å²) < 4.78 is 23.8. The first-order valence-electron chi connectivity index (χ1n) is 32.6. The largest absolute Gasteiger partial charge is 0.472 e. The highest BCUT2D eigenvalue weighted by atomic mass is 31.2. The van der Waals surface area contributed by atoms with E-state index in [-0.39, 0.29) is 19.1 Å². The van der Waals surface area contributed by atoms with Gasteiger partial charge in [0.2, 0.25) is 5.91 Å². The van der Waals surface area contributed by atoms with E-state index in [0.29, 0.717) is 17.4 Å². The third kappa shape index (κ3) is 61.0. The van der Waals surface area contributed by atoms with Crippen LogP contribution in [0.3, 0.4) is 0 Å². The SMILES string of the molecule is CC/C=C\C/C=C\C/C=C\C/C=C\C/C=C\C/C=C\C/C=C\CCCCCCCCCCCC(=O)NC(COP(=O)(O)OCC[N+](C)(C)C)C(O)/C=C/CCCCCCCCCCCCCCCCCCCCCCCCC. The molecule has 0 bridgehead atoms. The number of allylic oxidation sites excluding steroid dienone is 15. The van der Waals surface area contributed by atoms with Gasteiger partial charge in [-0.3, -0.25) is 13.8 Å². The van der Waals surface area contributed by atoms with Crippen LogP contribution in [0.1, 0.15) is 284 Å². The quantitative estimate of drug-likeness (QED) is 0.0243. The van der Waals surface area contributed by atoms with Gasteiger partial charge in [0, 0.05) is 6.42 Å². The number of likely N-dealkylation sites (N-methyl/N-ethyl adjacent to an activating group) is 1. The molecular formula is C69H126N2O6P+. The normalized spacial score (nSPS) is 14.4. The van der Waals surface area contributed by atoms with Crippen LogP contribution in [-0.4, -0.2) is 73.4 Å². The van der Waals surface area contributed by atoms with Gasteiger partial charge in [-0.1, -0.05) is 297 Å². The predicted octanol–water partition coefficient (Wildman–Crippen LogP) is 20.5. The summed E-state index contributed by atoms with van der Waals surface area (Å²) in [5, 5.41) is 14.0. The molecule has 0 aliphatic heterocycles. The van der Waals surface area contributed by atoms with Gasteiger partial charge < -0.3 is 19.8 Å². The number of rotatable bonds is 59. The zero-order valence-corrected chi connectivity index (χ0v) is 52.5. The second-order valence-electron chi connectivity index (χ2n) is 23.1. The molecule has 452 valence electrons. The molecule has 0 saturated heterocycles. The fraction of sp³-hybridized carbons (Fsp3) is 0.754. The smallest absolute Gasteiger partial charge is 0.387 e. The van der Waals surface area contributed by atoms with Crippen molar-refractivity contribution < 1.29 is 32.9 Å². The summed E-state index contributed by atoms with van der Waals surface area (Å²) in [6.07, 6.45) is 85.2. The van der Waals surface area contributed by atoms with Crippen LogP contribution in [0.4, 0.5) is 0 Å². The predicted molar refractivity (Wildman–Crippen MR) is 341 cm³/mol. The first-order chi connectivity index (χ1) is 38.0. The molecule has 3 unspecified atom stereocenters. The lowest BCUT2D eigenvalue weighted by Gasteiger charge is -2.25. The summed E-state index contributed by atoms with van der Waals surface area (Å²) in [6.45, 7) is 4.72. The second kappa shape index (κ2) is 59.1. The second-order valence-corrected chi connectivity index (χ2v) is 24.6. The molecule has 8 nitrogen and oxygen atoms in total. The van der Waals surface area contributed by atoms with E-state index in [1.165, 1.54) is 173 Å². The summed E-state index contributed by atoms with van der Waals surface area (Å²) in [6, 6.07) is -0.858. The van der Waals surface area contributed by atoms with Crippen molar-refractivity contribution in [2.75, 3.05) is 40.9 Å². The maximum absolute atomic E-state index is 13.0. The monoisotopic (exact) mass is 1110 g/mol. The minimum absolute atomic E-state index is 0.0563. The number of carbonyl (C=O) groups is 1. The van der Waals surface area contributed by atoms with Gasteiger partial charge in [0.15, 0.2) is 0 Å². The third-order valence-electron chi connectivity index (χ3n) is 14.3. The number of unbranched alkanes of at least 4 members (excludes halogenated alkanes) is 32. The summed E-state index contributed by atoms with van der Waals surface area (Å²) in [4.78, 5) is 23.4. The molecule has 0 aromatic carbocycles. The van der Waals surface area contributed by atoms with E-state index >= 15 is 0 Å². The number of carbonyl (C=O) groups excluding carboxylic acids is 1. The Morgan fingerprint density at radius 1 is 0.449 bits per heavy atom. The number of phosphoric acid groups is 1. The average Bonchev–Trinajstić information content (AvgIpc) is 3.41. The summed E-state index contributed by atoms with van der Waals surface area (Å²) in [5.41, 5.74) is 0. The van der Waals surface area contributed by atoms with Gasteiger partial charge in [-0.15, -0.1) is 0 Å². The fourth-order valence-corrected chi connectivity index (χ4v) is 10.00. The van der Waals surface area contributed by atoms with Crippen molar-refractivity contribution >= 4 is 13.7 Å². The first-order valence-corrected chi connectivity index (χ1v) is 34.1. The number of quaternary nitrogens is 1. The Morgan fingerprint density at radius 3 is 1.13 bits per heavy atom. The highest BCUT2D eigenvalue weighted by Gasteiger charge is 2.27. The van der Waals surface area contributed by atoms with Crippen molar-refractivity contribution in [1.82, 2.24) is 5.32 Å². The molecule has 9 heteroatoms. The molecule has 78 heavy (non-hydrogen) atoms. The van der Waals surface area contributed by atoms with Crippen LogP contribution in [0.15, 0.2) is 97.2 Å². The Kier molecular flexibility index (Phi) is 57.1. The number of amides is 1. The van der Waals surface area contributed by atoms with Crippen molar-refractivity contribution in [3.8, 4) is 0 Å². The van der Waals surface area contributed by atoms with Crippen LogP contribution in [-0.2, 0) is 18.4 Å². The Morgan fingerprint density at radius 2 is 0.769 bits per heavy atom. The Labute approximate surface area is 483 Å². The van der Waals surface area contributed by atoms with Crippen molar-refractivity contribution in [2.24, 2.45) is 0 Å². The van der Waals surface area contributed by atoms with E-state index in [0.717, 1.165) is 89.9 Å². The summed E-state index contributed by atoms with van der Waals surface area (Å²) in [5.74, 6) is -0.184. The number of hydrogen-bond acceptors (Lipinski definition) is 5. The molecule has 0 fully saturated rings. The topological polar surface area (TPSA) is 105 Å². The molecule has 0 aliphatic carbocycles. The van der Waals surface area contributed by atoms with E-state index in [9.17, 15) is 19.4 Å². The van der Waals surface area contributed by atoms with Gasteiger partial charge in [0.05, 0.1) is 39.9 Å². The zero-order chi connectivity index (χ0) is 57.0. The standard InChI is InChI=1S/C69H125N2O6P/c1-6-8-10-12-14-16-18-20-22-24-26-28-30-32-33-34-35-36-37-39-41-43-45-47-49-51-53-55-57-59-61-63-69(73)70-67(66-77-78(74,75)76-65-64-71(3,4)5)68(72)62-60-58-56-54-52-50-48-46-44-42-40-38-31-29-27-25-23-21-19-17-15-13-11-9-7-2/h8,10,14,16,20,22,26,28,32-33,35-36,39,41,60,62,67-68,72H,6-7,9,11-13,15,17-19,21,23-25,27,29-31,34,37-38,40,42-59,61,63-66H2,1-5H3,(H-,70,73,74,75)/p+1/b10-8-,16-14-,22-20-,28-26-,33-32-,36-35-,41-39-,62-60+. The lowest BCUT2D eigenvalue weighted by Crippen LogP contribution is -2.45. The maximum Gasteiger partial charge on any atom is 0.472 e. The van der Waals surface area contributed by atoms with Gasteiger partial charge in [0.1, 0.15) is 13.2 Å². The molecule has 0 aromatic rings. The molecule has 0 saturated carbocycles. The molecular weight excluding hydrogens is 984 g/mol. The number of aliphatic hydroxyl groups is 1. The number of aliphatic hydroxyl groups excluding tert-OH is 1. The molecule has 3 atom stereocenters. The Hall–Kier alpha value is -2.58. The number of phosphoric ester groups is 1. The molecule has 0 rings (SSSR count). The molecule has 0 heterocycles. The van der Waals surface area contributed by atoms with Gasteiger partial charge >= 0.3 is 7.82 Å². The summed E-state index contributed by atoms with van der Waals surface area (Å²) >= 11 is 0. The fourth-order valence-electron chi connectivity index (χ4n) is 9.26. The van der Waals surface area contributed by atoms with Gasteiger partial charge in [-0.2, -0.15) is 0 Å².